The lowest BCUT2D eigenvalue weighted by atomic mass is 9.98. The third-order valence-electron chi connectivity index (χ3n) is 7.37. The van der Waals surface area contributed by atoms with Gasteiger partial charge in [0.25, 0.3) is 5.91 Å². The molecule has 0 radical (unpaired) electrons. The summed E-state index contributed by atoms with van der Waals surface area (Å²) < 4.78 is 20.0. The molecular formula is C34H34N2O11. The molecule has 0 bridgehead atoms. The summed E-state index contributed by atoms with van der Waals surface area (Å²) >= 11 is 0. The zero-order chi connectivity index (χ0) is 34.1. The fraction of sp³-hybridized carbons (Fsp3) is 0.294. The molecule has 3 atom stereocenters. The number of nitrogens with one attached hydrogen (secondary N) is 2. The predicted octanol–water partition coefficient (Wildman–Crippen LogP) is 3.59. The molecule has 0 unspecified atom stereocenters. The quantitative estimate of drug-likeness (QED) is 0.182. The minimum Gasteiger partial charge on any atom is -0.478 e. The van der Waals surface area contributed by atoms with E-state index in [1.807, 2.05) is 48.5 Å². The van der Waals surface area contributed by atoms with Gasteiger partial charge in [0.1, 0.15) is 6.61 Å². The standard InChI is InChI=1S/C34H34N2O11/c1-19(37)46-30(31(33(41)42)47-20(2)38)32(40)35-22-14-12-21(13-15-22)16-23(17-29(39)44-3)36-34(43)45-18-28-26-10-6-4-8-24(26)25-9-5-7-11-27(25)28/h4-15,23,28,30-31H,16-18H2,1-3H3,(H,35,40)(H,36,43)(H,41,42)/t23-,30+,31+/m0/s1. The topological polar surface area (TPSA) is 184 Å². The summed E-state index contributed by atoms with van der Waals surface area (Å²) in [5, 5.41) is 14.6. The first-order valence-electron chi connectivity index (χ1n) is 14.6. The molecule has 2 amide bonds. The molecule has 0 aliphatic heterocycles. The van der Waals surface area contributed by atoms with Crippen molar-refractivity contribution in [2.75, 3.05) is 19.0 Å². The Labute approximate surface area is 270 Å². The normalized spacial score (nSPS) is 13.5. The minimum atomic E-state index is -2.07. The Morgan fingerprint density at radius 2 is 1.34 bits per heavy atom. The van der Waals surface area contributed by atoms with E-state index in [-0.39, 0.29) is 31.1 Å². The highest BCUT2D eigenvalue weighted by atomic mass is 16.6. The van der Waals surface area contributed by atoms with Gasteiger partial charge in [-0.3, -0.25) is 19.2 Å². The van der Waals surface area contributed by atoms with Crippen molar-refractivity contribution in [3.05, 3.63) is 89.5 Å². The highest BCUT2D eigenvalue weighted by Gasteiger charge is 2.39. The number of amides is 2. The molecule has 0 saturated heterocycles. The van der Waals surface area contributed by atoms with Crippen LogP contribution in [0.1, 0.15) is 42.9 Å². The Morgan fingerprint density at radius 1 is 0.787 bits per heavy atom. The summed E-state index contributed by atoms with van der Waals surface area (Å²) in [6.45, 7) is 2.02. The number of aliphatic carboxylic acids is 1. The molecule has 13 nitrogen and oxygen atoms in total. The van der Waals surface area contributed by atoms with Gasteiger partial charge in [-0.15, -0.1) is 0 Å². The van der Waals surface area contributed by atoms with E-state index in [9.17, 15) is 33.9 Å². The van der Waals surface area contributed by atoms with Crippen LogP contribution < -0.4 is 10.6 Å². The Kier molecular flexibility index (Phi) is 11.3. The van der Waals surface area contributed by atoms with Crippen LogP contribution in [0.5, 0.6) is 0 Å². The Hall–Kier alpha value is -5.72. The smallest absolute Gasteiger partial charge is 0.407 e. The van der Waals surface area contributed by atoms with Crippen LogP contribution in [0.25, 0.3) is 11.1 Å². The number of methoxy groups -OCH3 is 1. The number of hydrogen-bond acceptors (Lipinski definition) is 10. The number of ether oxygens (including phenoxy) is 4. The zero-order valence-corrected chi connectivity index (χ0v) is 25.9. The van der Waals surface area contributed by atoms with Crippen LogP contribution in [0.3, 0.4) is 0 Å². The maximum Gasteiger partial charge on any atom is 0.407 e. The number of benzene rings is 3. The van der Waals surface area contributed by atoms with E-state index >= 15 is 0 Å². The number of anilines is 1. The second kappa shape index (κ2) is 15.5. The summed E-state index contributed by atoms with van der Waals surface area (Å²) in [7, 11) is 1.24. The van der Waals surface area contributed by atoms with Gasteiger partial charge in [0.05, 0.1) is 13.5 Å². The van der Waals surface area contributed by atoms with E-state index in [1.165, 1.54) is 19.2 Å². The molecule has 246 valence electrons. The van der Waals surface area contributed by atoms with Crippen LogP contribution in [-0.2, 0) is 49.3 Å². The number of carboxylic acids is 1. The average Bonchev–Trinajstić information content (AvgIpc) is 3.35. The van der Waals surface area contributed by atoms with Crippen LogP contribution >= 0.6 is 0 Å². The highest BCUT2D eigenvalue weighted by Crippen LogP contribution is 2.44. The average molecular weight is 647 g/mol. The van der Waals surface area contributed by atoms with Gasteiger partial charge < -0.3 is 34.7 Å². The summed E-state index contributed by atoms with van der Waals surface area (Å²) in [6, 6.07) is 21.4. The van der Waals surface area contributed by atoms with Gasteiger partial charge in [0.15, 0.2) is 0 Å². The lowest BCUT2D eigenvalue weighted by molar-refractivity contribution is -0.179. The molecule has 0 saturated carbocycles. The van der Waals surface area contributed by atoms with Gasteiger partial charge >= 0.3 is 30.0 Å². The number of esters is 3. The largest absolute Gasteiger partial charge is 0.478 e. The van der Waals surface area contributed by atoms with E-state index in [1.54, 1.807) is 12.1 Å². The van der Waals surface area contributed by atoms with Crippen LogP contribution in [0.15, 0.2) is 72.8 Å². The second-order valence-corrected chi connectivity index (χ2v) is 10.7. The number of hydrogen-bond donors (Lipinski definition) is 3. The van der Waals surface area contributed by atoms with E-state index in [4.69, 9.17) is 14.2 Å². The Balaban J connectivity index is 1.40. The zero-order valence-electron chi connectivity index (χ0n) is 25.9. The van der Waals surface area contributed by atoms with E-state index in [0.717, 1.165) is 36.1 Å². The molecule has 4 rings (SSSR count). The molecule has 1 aliphatic rings. The van der Waals surface area contributed by atoms with Gasteiger partial charge in [-0.25, -0.2) is 9.59 Å². The minimum absolute atomic E-state index is 0.0910. The highest BCUT2D eigenvalue weighted by molar-refractivity contribution is 5.99. The molecule has 0 spiro atoms. The molecule has 0 fully saturated rings. The Bertz CT molecular complexity index is 1610. The van der Waals surface area contributed by atoms with Crippen molar-refractivity contribution in [1.82, 2.24) is 5.32 Å². The summed E-state index contributed by atoms with van der Waals surface area (Å²) in [5.41, 5.74) is 5.17. The fourth-order valence-electron chi connectivity index (χ4n) is 5.34. The van der Waals surface area contributed by atoms with Crippen LogP contribution in [-0.4, -0.2) is 73.0 Å². The van der Waals surface area contributed by atoms with Gasteiger partial charge in [-0.1, -0.05) is 60.7 Å². The third kappa shape index (κ3) is 8.93. The maximum atomic E-state index is 12.9. The van der Waals surface area contributed by atoms with Crippen LogP contribution in [0.4, 0.5) is 10.5 Å². The molecule has 0 heterocycles. The fourth-order valence-corrected chi connectivity index (χ4v) is 5.34. The number of rotatable bonds is 13. The second-order valence-electron chi connectivity index (χ2n) is 10.7. The van der Waals surface area contributed by atoms with Gasteiger partial charge in [-0.05, 0) is 46.4 Å². The first-order chi connectivity index (χ1) is 22.5. The number of carbonyl (C=O) groups excluding carboxylic acids is 5. The SMILES string of the molecule is COC(=O)C[C@H](Cc1ccc(NC(=O)[C@H](OC(C)=O)[C@@H](OC(C)=O)C(=O)O)cc1)NC(=O)OCC1c2ccccc2-c2ccccc21. The van der Waals surface area contributed by atoms with Crippen molar-refractivity contribution in [2.45, 2.75) is 50.9 Å². The number of fused-ring (bicyclic) bond motifs is 3. The molecule has 3 aromatic carbocycles. The van der Waals surface area contributed by atoms with Crippen molar-refractivity contribution >= 4 is 41.6 Å². The molecule has 3 aromatic rings. The lowest BCUT2D eigenvalue weighted by Crippen LogP contribution is -2.47. The van der Waals surface area contributed by atoms with E-state index in [2.05, 4.69) is 15.4 Å². The van der Waals surface area contributed by atoms with Crippen molar-refractivity contribution < 1.29 is 52.8 Å². The monoisotopic (exact) mass is 646 g/mol. The predicted molar refractivity (Wildman–Crippen MR) is 166 cm³/mol. The van der Waals surface area contributed by atoms with E-state index < -0.39 is 54.1 Å². The summed E-state index contributed by atoms with van der Waals surface area (Å²) in [5.74, 6) is -5.36. The van der Waals surface area contributed by atoms with E-state index in [0.29, 0.717) is 5.56 Å². The number of carbonyl (C=O) groups is 6. The summed E-state index contributed by atoms with van der Waals surface area (Å²) in [6.07, 6.45) is -4.69. The molecule has 1 aliphatic carbocycles. The van der Waals surface area contributed by atoms with Crippen LogP contribution in [0.2, 0.25) is 0 Å². The molecule has 47 heavy (non-hydrogen) atoms. The lowest BCUT2D eigenvalue weighted by Gasteiger charge is -2.22. The third-order valence-corrected chi connectivity index (χ3v) is 7.37. The van der Waals surface area contributed by atoms with Gasteiger partial charge in [-0.2, -0.15) is 0 Å². The van der Waals surface area contributed by atoms with Gasteiger partial charge in [0, 0.05) is 31.5 Å². The van der Waals surface area contributed by atoms with Crippen molar-refractivity contribution in [3.8, 4) is 11.1 Å². The first-order valence-corrected chi connectivity index (χ1v) is 14.6. The molecule has 3 N–H and O–H groups in total. The Morgan fingerprint density at radius 3 is 1.87 bits per heavy atom. The number of carboxylic acid groups (broad SMARTS) is 1. The summed E-state index contributed by atoms with van der Waals surface area (Å²) in [4.78, 5) is 72.5. The molecular weight excluding hydrogens is 612 g/mol. The molecule has 13 heteroatoms. The maximum absolute atomic E-state index is 12.9. The van der Waals surface area contributed by atoms with Crippen molar-refractivity contribution in [3.63, 3.8) is 0 Å². The number of alkyl carbamates (subject to hydrolysis) is 1. The van der Waals surface area contributed by atoms with Gasteiger partial charge in [0.2, 0.25) is 12.2 Å². The van der Waals surface area contributed by atoms with Crippen LogP contribution in [0, 0.1) is 0 Å². The first kappa shape index (κ1) is 34.2. The van der Waals surface area contributed by atoms with Crippen molar-refractivity contribution in [2.24, 2.45) is 0 Å². The molecule has 0 aromatic heterocycles. The van der Waals surface area contributed by atoms with Crippen molar-refractivity contribution in [1.29, 1.82) is 0 Å².